The Morgan fingerprint density at radius 1 is 0.450 bits per heavy atom. The van der Waals surface area contributed by atoms with Gasteiger partial charge in [0.25, 0.3) is 5.73 Å². The molecule has 0 nitrogen and oxygen atoms in total. The molecule has 11 heteroatoms. The Labute approximate surface area is 153 Å². The van der Waals surface area contributed by atoms with Crippen molar-refractivity contribution in [2.75, 3.05) is 0 Å². The Bertz CT molecular complexity index is 323. The van der Waals surface area contributed by atoms with Gasteiger partial charge in [-0.2, -0.15) is 0 Å². The van der Waals surface area contributed by atoms with E-state index in [1.807, 2.05) is 0 Å². The second-order valence-electron chi connectivity index (χ2n) is 8.57. The van der Waals surface area contributed by atoms with Crippen LogP contribution in [0, 0.1) is 0 Å². The molecule has 0 rings (SSSR count). The van der Waals surface area contributed by atoms with E-state index >= 15 is 0 Å². The van der Waals surface area contributed by atoms with Crippen LogP contribution in [0.2, 0.25) is 58.9 Å². The second kappa shape index (κ2) is 6.24. The summed E-state index contributed by atoms with van der Waals surface area (Å²) in [5.41, 5.74) is -5.98. The van der Waals surface area contributed by atoms with Gasteiger partial charge in [-0.05, 0) is 0 Å². The Hall–Kier alpha value is 2.75. The van der Waals surface area contributed by atoms with Crippen molar-refractivity contribution in [3.8, 4) is 0 Å². The summed E-state index contributed by atoms with van der Waals surface area (Å²) in [7, 11) is -4.83. The van der Waals surface area contributed by atoms with Gasteiger partial charge < -0.3 is 0 Å². The fraction of sp³-hybridized carbons (Fsp3) is 1.00. The number of rotatable bonds is 5. The maximum atomic E-state index is 7.13. The predicted molar refractivity (Wildman–Crippen MR) is 117 cm³/mol. The fourth-order valence-electron chi connectivity index (χ4n) is 5.00. The summed E-state index contributed by atoms with van der Waals surface area (Å²) < 4.78 is 0. The zero-order valence-electron chi connectivity index (χ0n) is 13.9. The lowest BCUT2D eigenvalue weighted by atomic mass is 11.8. The average molecular weight is 481 g/mol. The first-order valence-corrected chi connectivity index (χ1v) is 33.3. The van der Waals surface area contributed by atoms with Crippen molar-refractivity contribution in [3.63, 3.8) is 0 Å². The monoisotopic (exact) mass is 478 g/mol. The molecule has 0 N–H and O–H groups in total. The molecule has 0 aliphatic rings. The minimum Gasteiger partial charge on any atom is -0.150 e. The van der Waals surface area contributed by atoms with Crippen molar-refractivity contribution < 1.29 is 0 Å². The van der Waals surface area contributed by atoms with E-state index in [4.69, 9.17) is 55.4 Å². The molecule has 0 aromatic rings. The highest BCUT2D eigenvalue weighted by Gasteiger charge is 2.78. The predicted octanol–water partition coefficient (Wildman–Crippen LogP) is 6.42. The lowest BCUT2D eigenvalue weighted by Gasteiger charge is -2.62. The molecule has 0 saturated carbocycles. The van der Waals surface area contributed by atoms with Crippen LogP contribution >= 0.6 is 55.4 Å². The molecule has 0 aromatic carbocycles. The molecule has 0 unspecified atom stereocenters. The van der Waals surface area contributed by atoms with Gasteiger partial charge in [0.1, 0.15) is 0 Å². The van der Waals surface area contributed by atoms with Gasteiger partial charge in [-0.3, -0.25) is 0 Å². The summed E-state index contributed by atoms with van der Waals surface area (Å²) in [6.45, 7) is 21.8. The van der Waals surface area contributed by atoms with Gasteiger partial charge in [-0.25, -0.2) is 0 Å². The maximum Gasteiger partial charge on any atom is 0.355 e. The van der Waals surface area contributed by atoms with Gasteiger partial charge >= 0.3 is 5.52 Å². The van der Waals surface area contributed by atoms with Gasteiger partial charge in [-0.15, -0.1) is 55.4 Å². The highest BCUT2D eigenvalue weighted by molar-refractivity contribution is 8.30. The molecule has 0 bridgehead atoms. The van der Waals surface area contributed by atoms with E-state index in [1.54, 1.807) is 0 Å². The highest BCUT2D eigenvalue weighted by Crippen LogP contribution is 2.53. The molecule has 122 valence electrons. The Balaban J connectivity index is 6.83. The number of hydrogen-bond donors (Lipinski definition) is 0. The average Bonchev–Trinajstić information content (AvgIpc) is 1.89. The van der Waals surface area contributed by atoms with E-state index < -0.39 is 40.2 Å². The zero-order chi connectivity index (χ0) is 17.0. The van der Waals surface area contributed by atoms with Gasteiger partial charge in [0, 0.05) is 22.8 Å². The van der Waals surface area contributed by atoms with Crippen LogP contribution in [0.3, 0.4) is 0 Å². The molecular weight excluding hydrogens is 454 g/mol. The van der Waals surface area contributed by atoms with Crippen LogP contribution < -0.4 is 0 Å². The Kier molecular flexibility index (Phi) is 7.10. The van der Waals surface area contributed by atoms with Crippen molar-refractivity contribution in [1.29, 1.82) is 0 Å². The molecule has 0 aliphatic heterocycles. The highest BCUT2D eigenvalue weighted by atomic mass is 35.9. The minimum atomic E-state index is -3.10. The molecular formula is C9H27Cl5Si6. The SMILES string of the molecule is C[Si](C)(C)[Si]([Si](C)(C)C)([Si](C)(C)C)[Si](Cl)(Cl)[Si](Cl)(Cl)Cl. The van der Waals surface area contributed by atoms with Gasteiger partial charge in [0.2, 0.25) is 0 Å². The largest absolute Gasteiger partial charge is 0.355 e. The van der Waals surface area contributed by atoms with E-state index in [9.17, 15) is 0 Å². The third-order valence-corrected chi connectivity index (χ3v) is 158. The van der Waals surface area contributed by atoms with Gasteiger partial charge in [-0.1, -0.05) is 58.9 Å². The molecule has 0 aliphatic carbocycles. The van der Waals surface area contributed by atoms with Crippen molar-refractivity contribution >= 4 is 95.6 Å². The maximum absolute atomic E-state index is 7.13. The molecule has 0 saturated heterocycles. The molecule has 0 aromatic heterocycles. The Morgan fingerprint density at radius 3 is 0.700 bits per heavy atom. The second-order valence-corrected chi connectivity index (χ2v) is 82.9. The first-order chi connectivity index (χ1) is 8.25. The third kappa shape index (κ3) is 3.55. The van der Waals surface area contributed by atoms with Crippen molar-refractivity contribution in [3.05, 3.63) is 0 Å². The summed E-state index contributed by atoms with van der Waals surface area (Å²) in [4.78, 5) is 0. The van der Waals surface area contributed by atoms with Crippen molar-refractivity contribution in [1.82, 2.24) is 0 Å². The zero-order valence-corrected chi connectivity index (χ0v) is 23.7. The molecule has 0 amide bonds. The van der Waals surface area contributed by atoms with Crippen LogP contribution in [0.5, 0.6) is 0 Å². The number of hydrogen-bond acceptors (Lipinski definition) is 0. The molecule has 0 fully saturated rings. The lowest BCUT2D eigenvalue weighted by molar-refractivity contribution is 1.76. The molecule has 0 radical (unpaired) electrons. The van der Waals surface area contributed by atoms with Crippen LogP contribution in [0.25, 0.3) is 0 Å². The summed E-state index contributed by atoms with van der Waals surface area (Å²) in [5, 5.41) is 0. The van der Waals surface area contributed by atoms with E-state index in [1.165, 1.54) is 0 Å². The smallest absolute Gasteiger partial charge is 0.150 e. The van der Waals surface area contributed by atoms with Crippen LogP contribution in [-0.4, -0.2) is 40.2 Å². The standard InChI is InChI=1S/C9H27Cl5Si6/c1-15(2,3)20(16(4,5)6,17(7,8)9)19(13,14)18(10,11)12/h1-9H3. The van der Waals surface area contributed by atoms with Gasteiger partial charge in [0.05, 0.1) is 6.14 Å². The van der Waals surface area contributed by atoms with E-state index in [-0.39, 0.29) is 0 Å². The van der Waals surface area contributed by atoms with Crippen LogP contribution in [0.1, 0.15) is 0 Å². The third-order valence-electron chi connectivity index (χ3n) is 4.20. The van der Waals surface area contributed by atoms with Crippen molar-refractivity contribution in [2.45, 2.75) is 58.9 Å². The first-order valence-electron chi connectivity index (χ1n) is 6.69. The van der Waals surface area contributed by atoms with Gasteiger partial charge in [0.15, 0.2) is 0 Å². The van der Waals surface area contributed by atoms with Crippen LogP contribution in [0.15, 0.2) is 0 Å². The number of halogens is 5. The van der Waals surface area contributed by atoms with Crippen LogP contribution in [0.4, 0.5) is 0 Å². The molecule has 0 spiro atoms. The van der Waals surface area contributed by atoms with Crippen LogP contribution in [-0.2, 0) is 0 Å². The minimum absolute atomic E-state index is 1.61. The topological polar surface area (TPSA) is 0 Å². The normalized spacial score (nSPS) is 16.5. The molecule has 0 atom stereocenters. The Morgan fingerprint density at radius 2 is 0.650 bits per heavy atom. The van der Waals surface area contributed by atoms with E-state index in [0.29, 0.717) is 0 Å². The van der Waals surface area contributed by atoms with Crippen molar-refractivity contribution in [2.24, 2.45) is 0 Å². The fourth-order valence-corrected chi connectivity index (χ4v) is 257. The first kappa shape index (κ1) is 22.8. The summed E-state index contributed by atoms with van der Waals surface area (Å²) in [6.07, 6.45) is -2.01. The van der Waals surface area contributed by atoms with E-state index in [0.717, 1.165) is 0 Å². The molecule has 20 heavy (non-hydrogen) atoms. The summed E-state index contributed by atoms with van der Waals surface area (Å²) in [5.74, 6) is 0. The lowest BCUT2D eigenvalue weighted by Crippen LogP contribution is -2.94. The van der Waals surface area contributed by atoms with E-state index in [2.05, 4.69) is 58.9 Å². The quantitative estimate of drug-likeness (QED) is 0.314. The summed E-state index contributed by atoms with van der Waals surface area (Å²) in [6, 6.07) is 0. The summed E-state index contributed by atoms with van der Waals surface area (Å²) >= 11 is 33.7. The molecule has 0 heterocycles.